The summed E-state index contributed by atoms with van der Waals surface area (Å²) in [4.78, 5) is 12.8. The lowest BCUT2D eigenvalue weighted by Crippen LogP contribution is -2.67. The molecule has 5 aliphatic rings. The highest BCUT2D eigenvalue weighted by Crippen LogP contribution is 2.35. The summed E-state index contributed by atoms with van der Waals surface area (Å²) in [6.45, 7) is 1.63. The van der Waals surface area contributed by atoms with E-state index in [0.717, 1.165) is 0 Å². The minimum Gasteiger partial charge on any atom is -0.394 e. The van der Waals surface area contributed by atoms with Gasteiger partial charge < -0.3 is 103 Å². The minimum atomic E-state index is -3.98. The molecule has 0 bridgehead atoms. The SMILES string of the molecule is CNC1CC(NC(=O)C(O)C(F)(F)CN)C(O)C(OC2OC(CO)C(OC3OC(CN)C(O)C(O)C3N)C2O)C1OC1OC(CNCC2(O)CCNCC2)C=CC1C. The van der Waals surface area contributed by atoms with Gasteiger partial charge in [-0.3, -0.25) is 4.79 Å². The van der Waals surface area contributed by atoms with Crippen molar-refractivity contribution in [3.63, 3.8) is 0 Å². The topological polar surface area (TPSA) is 340 Å². The fourth-order valence-corrected chi connectivity index (χ4v) is 7.91. The van der Waals surface area contributed by atoms with E-state index in [-0.39, 0.29) is 18.9 Å². The van der Waals surface area contributed by atoms with Gasteiger partial charge in [-0.15, -0.1) is 0 Å². The van der Waals surface area contributed by atoms with Crippen LogP contribution in [0.3, 0.4) is 0 Å². The van der Waals surface area contributed by atoms with Crippen LogP contribution in [0.5, 0.6) is 0 Å². The van der Waals surface area contributed by atoms with E-state index in [4.69, 9.17) is 45.6 Å². The zero-order chi connectivity index (χ0) is 42.5. The maximum atomic E-state index is 14.2. The van der Waals surface area contributed by atoms with E-state index in [1.165, 1.54) is 0 Å². The van der Waals surface area contributed by atoms with E-state index < -0.39 is 135 Å². The quantitative estimate of drug-likeness (QED) is 0.0605. The van der Waals surface area contributed by atoms with Crippen LogP contribution in [0.15, 0.2) is 12.2 Å². The Hall–Kier alpha value is -1.69. The maximum Gasteiger partial charge on any atom is 0.294 e. The van der Waals surface area contributed by atoms with Crippen LogP contribution in [-0.2, 0) is 33.2 Å². The molecule has 3 saturated heterocycles. The fourth-order valence-electron chi connectivity index (χ4n) is 7.91. The van der Waals surface area contributed by atoms with Gasteiger partial charge in [0.1, 0.15) is 54.9 Å². The van der Waals surface area contributed by atoms with Crippen molar-refractivity contribution < 1.29 is 77.7 Å². The average Bonchev–Trinajstić information content (AvgIpc) is 3.50. The highest BCUT2D eigenvalue weighted by atomic mass is 19.3. The van der Waals surface area contributed by atoms with Crippen molar-refractivity contribution >= 4 is 5.91 Å². The van der Waals surface area contributed by atoms with Gasteiger partial charge >= 0.3 is 0 Å². The first-order valence-electron chi connectivity index (χ1n) is 19.7. The number of rotatable bonds is 17. The second-order valence-electron chi connectivity index (χ2n) is 15.9. The smallest absolute Gasteiger partial charge is 0.294 e. The Labute approximate surface area is 334 Å². The number of piperidine rings is 1. The van der Waals surface area contributed by atoms with E-state index in [0.29, 0.717) is 39.0 Å². The molecule has 1 amide bonds. The van der Waals surface area contributed by atoms with Gasteiger partial charge in [0, 0.05) is 31.6 Å². The van der Waals surface area contributed by atoms with E-state index >= 15 is 0 Å². The first kappa shape index (κ1) is 47.4. The minimum absolute atomic E-state index is 0.128. The summed E-state index contributed by atoms with van der Waals surface area (Å²) in [7, 11) is 1.55. The lowest BCUT2D eigenvalue weighted by Gasteiger charge is -2.47. The zero-order valence-electron chi connectivity index (χ0n) is 32.6. The second kappa shape index (κ2) is 20.5. The van der Waals surface area contributed by atoms with Gasteiger partial charge in [0.15, 0.2) is 25.0 Å². The molecule has 0 aromatic carbocycles. The molecule has 18 atom stereocenters. The number of ether oxygens (including phenoxy) is 6. The number of alkyl halides is 2. The Morgan fingerprint density at radius 2 is 1.59 bits per heavy atom. The summed E-state index contributed by atoms with van der Waals surface area (Å²) in [5.41, 5.74) is 15.9. The molecule has 4 fully saturated rings. The van der Waals surface area contributed by atoms with Crippen LogP contribution >= 0.6 is 0 Å². The number of aliphatic hydroxyl groups is 7. The summed E-state index contributed by atoms with van der Waals surface area (Å²) in [6, 6.07) is -3.45. The largest absolute Gasteiger partial charge is 0.394 e. The number of likely N-dealkylation sites (N-methyl/N-ethyl adjacent to an activating group) is 1. The average molecular weight is 844 g/mol. The number of nitrogens with one attached hydrogen (secondary N) is 4. The third kappa shape index (κ3) is 10.8. The third-order valence-electron chi connectivity index (χ3n) is 11.6. The Kier molecular flexibility index (Phi) is 16.7. The molecule has 4 aliphatic heterocycles. The van der Waals surface area contributed by atoms with Gasteiger partial charge in [-0.25, -0.2) is 8.78 Å². The predicted molar refractivity (Wildman–Crippen MR) is 196 cm³/mol. The van der Waals surface area contributed by atoms with E-state index in [2.05, 4.69) is 21.3 Å². The molecule has 0 radical (unpaired) electrons. The fraction of sp³-hybridized carbons (Fsp3) is 0.914. The normalized spacial score (nSPS) is 42.6. The summed E-state index contributed by atoms with van der Waals surface area (Å²) >= 11 is 0. The van der Waals surface area contributed by atoms with Gasteiger partial charge in [-0.1, -0.05) is 19.1 Å². The van der Waals surface area contributed by atoms with Crippen molar-refractivity contribution in [2.45, 2.75) is 142 Å². The Morgan fingerprint density at radius 3 is 2.22 bits per heavy atom. The lowest BCUT2D eigenvalue weighted by atomic mass is 9.83. The number of hydrogen-bond acceptors (Lipinski definition) is 20. The van der Waals surface area contributed by atoms with Gasteiger partial charge in [0.25, 0.3) is 11.8 Å². The first-order valence-corrected chi connectivity index (χ1v) is 19.7. The Balaban J connectivity index is 1.35. The number of aliphatic hydroxyl groups excluding tert-OH is 6. The van der Waals surface area contributed by atoms with E-state index in [9.17, 15) is 49.3 Å². The molecule has 1 saturated carbocycles. The summed E-state index contributed by atoms with van der Waals surface area (Å²) in [5.74, 6) is -5.84. The zero-order valence-corrected chi connectivity index (χ0v) is 32.6. The molecule has 4 heterocycles. The predicted octanol–water partition coefficient (Wildman–Crippen LogP) is -6.63. The monoisotopic (exact) mass is 843 g/mol. The van der Waals surface area contributed by atoms with Crippen molar-refractivity contribution in [3.8, 4) is 0 Å². The van der Waals surface area contributed by atoms with E-state index in [1.807, 2.05) is 19.1 Å². The molecular formula is C35H63F2N7O14. The van der Waals surface area contributed by atoms with Crippen molar-refractivity contribution in [2.75, 3.05) is 52.9 Å². The van der Waals surface area contributed by atoms with Crippen LogP contribution in [0.25, 0.3) is 0 Å². The molecule has 18 unspecified atom stereocenters. The molecule has 23 heteroatoms. The molecule has 0 spiro atoms. The van der Waals surface area contributed by atoms with Gasteiger partial charge in [0.05, 0.1) is 36.9 Å². The Bertz CT molecular complexity index is 1340. The van der Waals surface area contributed by atoms with Crippen molar-refractivity contribution in [3.05, 3.63) is 12.2 Å². The highest BCUT2D eigenvalue weighted by Gasteiger charge is 2.55. The number of halogens is 2. The summed E-state index contributed by atoms with van der Waals surface area (Å²) in [6.07, 6.45) is -15.5. The van der Waals surface area contributed by atoms with Crippen molar-refractivity contribution in [2.24, 2.45) is 23.1 Å². The number of nitrogens with two attached hydrogens (primary N) is 3. The molecule has 0 aromatic heterocycles. The third-order valence-corrected chi connectivity index (χ3v) is 11.6. The second-order valence-corrected chi connectivity index (χ2v) is 15.9. The summed E-state index contributed by atoms with van der Waals surface area (Å²) < 4.78 is 64.9. The molecule has 336 valence electrons. The summed E-state index contributed by atoms with van der Waals surface area (Å²) in [5, 5.41) is 87.1. The maximum absolute atomic E-state index is 14.2. The lowest BCUT2D eigenvalue weighted by molar-refractivity contribution is -0.288. The number of carbonyl (C=O) groups is 1. The van der Waals surface area contributed by atoms with Crippen LogP contribution < -0.4 is 38.5 Å². The molecule has 58 heavy (non-hydrogen) atoms. The molecule has 5 rings (SSSR count). The molecule has 1 aliphatic carbocycles. The highest BCUT2D eigenvalue weighted by molar-refractivity contribution is 5.82. The molecule has 17 N–H and O–H groups in total. The first-order chi connectivity index (χ1) is 27.5. The van der Waals surface area contributed by atoms with Gasteiger partial charge in [-0.2, -0.15) is 0 Å². The van der Waals surface area contributed by atoms with Gasteiger partial charge in [-0.05, 0) is 39.4 Å². The standard InChI is InChI=1S/C35H63F2N7O14/c1-15-3-4-16(11-43-14-34(52)5-7-42-8-6-34)53-31(15)56-26-18(41-2)9-17(44-30(51)29(50)35(36,37)13-39)22(46)28(26)58-33-25(49)27(20(12-45)55-33)57-32-21(40)24(48)23(47)19(10-38)54-32/h3-4,15-29,31-33,41-43,45-50,52H,5-14,38-40H2,1-2H3,(H,44,51). The van der Waals surface area contributed by atoms with Crippen LogP contribution in [0.4, 0.5) is 8.78 Å². The van der Waals surface area contributed by atoms with E-state index in [1.54, 1.807) is 7.05 Å². The molecular weight excluding hydrogens is 780 g/mol. The van der Waals surface area contributed by atoms with Crippen LogP contribution in [-0.4, -0.2) is 210 Å². The van der Waals surface area contributed by atoms with Crippen molar-refractivity contribution in [1.29, 1.82) is 0 Å². The van der Waals surface area contributed by atoms with Crippen molar-refractivity contribution in [1.82, 2.24) is 21.3 Å². The number of carbonyl (C=O) groups excluding carboxylic acids is 1. The van der Waals surface area contributed by atoms with Crippen LogP contribution in [0.2, 0.25) is 0 Å². The molecule has 0 aromatic rings. The van der Waals surface area contributed by atoms with Crippen LogP contribution in [0.1, 0.15) is 26.2 Å². The number of hydrogen-bond donors (Lipinski definition) is 14. The molecule has 21 nitrogen and oxygen atoms in total. The van der Waals surface area contributed by atoms with Crippen LogP contribution in [0, 0.1) is 5.92 Å². The Morgan fingerprint density at radius 1 is 0.931 bits per heavy atom. The van der Waals surface area contributed by atoms with Gasteiger partial charge in [0.2, 0.25) is 0 Å². The number of amides is 1.